The molecule has 2 aliphatic rings. The maximum Gasteiger partial charge on any atom is 0.304 e. The number of piperidine rings is 2. The lowest BCUT2D eigenvalue weighted by molar-refractivity contribution is -0.142. The fraction of sp³-hybridized carbons (Fsp3) is 0.633. The summed E-state index contributed by atoms with van der Waals surface area (Å²) in [5.41, 5.74) is 2.89. The van der Waals surface area contributed by atoms with Crippen LogP contribution in [0.25, 0.3) is 0 Å². The van der Waals surface area contributed by atoms with Gasteiger partial charge in [-0.3, -0.25) is 24.0 Å². The van der Waals surface area contributed by atoms with Crippen molar-refractivity contribution in [3.63, 3.8) is 0 Å². The van der Waals surface area contributed by atoms with Crippen LogP contribution in [0.1, 0.15) is 75.1 Å². The van der Waals surface area contributed by atoms with Gasteiger partial charge < -0.3 is 25.4 Å². The van der Waals surface area contributed by atoms with E-state index in [2.05, 4.69) is 16.1 Å². The number of rotatable bonds is 15. The van der Waals surface area contributed by atoms with E-state index >= 15 is 0 Å². The molecule has 0 radical (unpaired) electrons. The molecule has 2 saturated heterocycles. The lowest BCUT2D eigenvalue weighted by Crippen LogP contribution is -2.53. The summed E-state index contributed by atoms with van der Waals surface area (Å²) in [6.07, 6.45) is 6.14. The van der Waals surface area contributed by atoms with Crippen molar-refractivity contribution in [2.75, 3.05) is 45.9 Å². The molecule has 12 heteroatoms. The maximum atomic E-state index is 13.6. The minimum atomic E-state index is -1.06. The molecule has 0 spiro atoms. The number of hydrazine groups is 1. The third-order valence-electron chi connectivity index (χ3n) is 7.70. The molecule has 0 saturated carbocycles. The SMILES string of the molecule is CCCCNC(=O)COc1ccc(C(=O)N(NCCC(=O)O)C(=O)[C@@H]2CCCN(C(=O)CCC3CCNCC3)C2)cc1. The summed E-state index contributed by atoms with van der Waals surface area (Å²) in [7, 11) is 0. The van der Waals surface area contributed by atoms with Gasteiger partial charge in [0.25, 0.3) is 11.8 Å². The monoisotopic (exact) mass is 587 g/mol. The Morgan fingerprint density at radius 1 is 1.05 bits per heavy atom. The maximum absolute atomic E-state index is 13.6. The fourth-order valence-electron chi connectivity index (χ4n) is 5.20. The minimum absolute atomic E-state index is 0.0254. The Morgan fingerprint density at radius 2 is 1.79 bits per heavy atom. The number of nitrogens with zero attached hydrogens (tertiary/aromatic N) is 2. The molecule has 0 unspecified atom stereocenters. The first-order valence-electron chi connectivity index (χ1n) is 15.1. The summed E-state index contributed by atoms with van der Waals surface area (Å²) in [6, 6.07) is 6.05. The number of unbranched alkanes of at least 4 members (excludes halogenated alkanes) is 1. The summed E-state index contributed by atoms with van der Waals surface area (Å²) in [4.78, 5) is 64.7. The number of carbonyl (C=O) groups is 5. The molecule has 1 aromatic rings. The Morgan fingerprint density at radius 3 is 2.48 bits per heavy atom. The van der Waals surface area contributed by atoms with Crippen molar-refractivity contribution in [3.05, 3.63) is 29.8 Å². The standard InChI is InChI=1S/C30H45N5O7/c1-2-3-15-32-26(36)21-42-25-9-7-23(8-10-25)29(40)35(33-18-14-28(38)39)30(41)24-5-4-19-34(20-24)27(37)11-6-22-12-16-31-17-13-22/h7-10,22,24,31,33H,2-6,11-21H2,1H3,(H,32,36)(H,38,39)/t24-/m1/s1. The highest BCUT2D eigenvalue weighted by Gasteiger charge is 2.34. The van der Waals surface area contributed by atoms with Gasteiger partial charge in [0, 0.05) is 38.2 Å². The van der Waals surface area contributed by atoms with Gasteiger partial charge in [-0.05, 0) is 81.8 Å². The molecule has 232 valence electrons. The number of amides is 4. The molecule has 2 fully saturated rings. The van der Waals surface area contributed by atoms with Crippen molar-refractivity contribution in [1.82, 2.24) is 26.0 Å². The van der Waals surface area contributed by atoms with Crippen LogP contribution in [-0.4, -0.2) is 90.5 Å². The van der Waals surface area contributed by atoms with Gasteiger partial charge in [0.1, 0.15) is 5.75 Å². The van der Waals surface area contributed by atoms with Gasteiger partial charge in [-0.15, -0.1) is 0 Å². The van der Waals surface area contributed by atoms with Crippen LogP contribution in [0, 0.1) is 11.8 Å². The summed E-state index contributed by atoms with van der Waals surface area (Å²) >= 11 is 0. The molecule has 42 heavy (non-hydrogen) atoms. The Bertz CT molecular complexity index is 1060. The number of hydrogen-bond donors (Lipinski definition) is 4. The number of aliphatic carboxylic acids is 1. The summed E-state index contributed by atoms with van der Waals surface area (Å²) in [5.74, 6) is -2.08. The third kappa shape index (κ3) is 10.7. The Hall–Kier alpha value is -3.51. The molecular formula is C30H45N5O7. The average molecular weight is 588 g/mol. The summed E-state index contributed by atoms with van der Waals surface area (Å²) < 4.78 is 5.49. The number of carboxylic acid groups (broad SMARTS) is 1. The second-order valence-electron chi connectivity index (χ2n) is 11.0. The number of imide groups is 1. The van der Waals surface area contributed by atoms with E-state index in [0.29, 0.717) is 44.0 Å². The largest absolute Gasteiger partial charge is 0.484 e. The molecule has 2 aliphatic heterocycles. The molecule has 0 aromatic heterocycles. The topological polar surface area (TPSA) is 157 Å². The third-order valence-corrected chi connectivity index (χ3v) is 7.70. The highest BCUT2D eigenvalue weighted by atomic mass is 16.5. The van der Waals surface area contributed by atoms with Crippen LogP contribution in [0.3, 0.4) is 0 Å². The Balaban J connectivity index is 1.60. The van der Waals surface area contributed by atoms with Gasteiger partial charge in [0.15, 0.2) is 6.61 Å². The predicted molar refractivity (Wildman–Crippen MR) is 155 cm³/mol. The molecule has 3 rings (SSSR count). The van der Waals surface area contributed by atoms with E-state index in [1.54, 1.807) is 4.90 Å². The molecule has 0 bridgehead atoms. The van der Waals surface area contributed by atoms with E-state index in [-0.39, 0.29) is 43.5 Å². The van der Waals surface area contributed by atoms with Gasteiger partial charge in [-0.1, -0.05) is 13.3 Å². The molecule has 4 N–H and O–H groups in total. The van der Waals surface area contributed by atoms with Crippen LogP contribution in [0.2, 0.25) is 0 Å². The number of benzene rings is 1. The van der Waals surface area contributed by atoms with E-state index < -0.39 is 23.7 Å². The molecule has 12 nitrogen and oxygen atoms in total. The van der Waals surface area contributed by atoms with Crippen molar-refractivity contribution in [2.24, 2.45) is 11.8 Å². The number of likely N-dealkylation sites (tertiary alicyclic amines) is 1. The lowest BCUT2D eigenvalue weighted by atomic mass is 9.92. The minimum Gasteiger partial charge on any atom is -0.484 e. The average Bonchev–Trinajstić information content (AvgIpc) is 3.01. The fourth-order valence-corrected chi connectivity index (χ4v) is 5.20. The zero-order valence-corrected chi connectivity index (χ0v) is 24.6. The van der Waals surface area contributed by atoms with Crippen molar-refractivity contribution in [2.45, 2.75) is 64.7 Å². The number of carboxylic acids is 1. The van der Waals surface area contributed by atoms with Crippen molar-refractivity contribution in [3.8, 4) is 5.75 Å². The van der Waals surface area contributed by atoms with E-state index in [9.17, 15) is 24.0 Å². The van der Waals surface area contributed by atoms with Gasteiger partial charge >= 0.3 is 5.97 Å². The first-order chi connectivity index (χ1) is 20.3. The lowest BCUT2D eigenvalue weighted by Gasteiger charge is -2.35. The predicted octanol–water partition coefficient (Wildman–Crippen LogP) is 1.95. The molecule has 4 amide bonds. The molecule has 1 atom stereocenters. The van der Waals surface area contributed by atoms with Crippen molar-refractivity contribution < 1.29 is 33.8 Å². The molecular weight excluding hydrogens is 542 g/mol. The first-order valence-corrected chi connectivity index (χ1v) is 15.1. The highest BCUT2D eigenvalue weighted by molar-refractivity contribution is 6.05. The Labute approximate surface area is 247 Å². The van der Waals surface area contributed by atoms with E-state index in [0.717, 1.165) is 50.2 Å². The van der Waals surface area contributed by atoms with E-state index in [1.165, 1.54) is 24.3 Å². The Kier molecular flexibility index (Phi) is 13.7. The molecule has 0 aliphatic carbocycles. The highest BCUT2D eigenvalue weighted by Crippen LogP contribution is 2.23. The number of carbonyl (C=O) groups excluding carboxylic acids is 4. The van der Waals surface area contributed by atoms with Gasteiger partial charge in [0.05, 0.1) is 12.3 Å². The van der Waals surface area contributed by atoms with E-state index in [1.807, 2.05) is 6.92 Å². The normalized spacial score (nSPS) is 17.4. The zero-order chi connectivity index (χ0) is 30.3. The van der Waals surface area contributed by atoms with Gasteiger partial charge in [0.2, 0.25) is 11.8 Å². The molecule has 2 heterocycles. The second-order valence-corrected chi connectivity index (χ2v) is 11.0. The number of ether oxygens (including phenoxy) is 1. The van der Waals surface area contributed by atoms with Gasteiger partial charge in [-0.25, -0.2) is 10.4 Å². The van der Waals surface area contributed by atoms with Crippen molar-refractivity contribution in [1.29, 1.82) is 0 Å². The van der Waals surface area contributed by atoms with Crippen LogP contribution in [0.4, 0.5) is 0 Å². The number of hydrogen-bond acceptors (Lipinski definition) is 8. The van der Waals surface area contributed by atoms with Crippen LogP contribution < -0.4 is 20.8 Å². The second kappa shape index (κ2) is 17.4. The van der Waals surface area contributed by atoms with Crippen LogP contribution in [0.5, 0.6) is 5.75 Å². The van der Waals surface area contributed by atoms with E-state index in [4.69, 9.17) is 9.84 Å². The summed E-state index contributed by atoms with van der Waals surface area (Å²) in [5, 5.41) is 16.0. The zero-order valence-electron chi connectivity index (χ0n) is 24.6. The summed E-state index contributed by atoms with van der Waals surface area (Å²) in [6.45, 7) is 5.09. The molecule has 1 aromatic carbocycles. The quantitative estimate of drug-likeness (QED) is 0.137. The smallest absolute Gasteiger partial charge is 0.304 e. The van der Waals surface area contributed by atoms with Crippen LogP contribution in [0.15, 0.2) is 24.3 Å². The van der Waals surface area contributed by atoms with Gasteiger partial charge in [-0.2, -0.15) is 0 Å². The first kappa shape index (κ1) is 33.0. The van der Waals surface area contributed by atoms with Crippen molar-refractivity contribution >= 4 is 29.6 Å². The van der Waals surface area contributed by atoms with Crippen LogP contribution in [-0.2, 0) is 19.2 Å². The number of nitrogens with one attached hydrogen (secondary N) is 3. The van der Waals surface area contributed by atoms with Crippen LogP contribution >= 0.6 is 0 Å².